The molecule has 0 spiro atoms. The summed E-state index contributed by atoms with van der Waals surface area (Å²) in [6.07, 6.45) is 0. The molecule has 2 rings (SSSR count). The first-order chi connectivity index (χ1) is 9.94. The van der Waals surface area contributed by atoms with Gasteiger partial charge in [0.1, 0.15) is 11.6 Å². The molecule has 0 aliphatic rings. The summed E-state index contributed by atoms with van der Waals surface area (Å²) in [6.45, 7) is 1.35. The largest absolute Gasteiger partial charge is 0.326 e. The van der Waals surface area contributed by atoms with Gasteiger partial charge in [0.05, 0.1) is 0 Å². The van der Waals surface area contributed by atoms with Crippen LogP contribution in [0.3, 0.4) is 0 Å². The number of nitrogens with one attached hydrogen (secondary N) is 2. The van der Waals surface area contributed by atoms with Gasteiger partial charge in [-0.3, -0.25) is 9.59 Å². The Balaban J connectivity index is 2.18. The lowest BCUT2D eigenvalue weighted by atomic mass is 10.2. The Labute approximate surface area is 119 Å². The van der Waals surface area contributed by atoms with Gasteiger partial charge in [-0.2, -0.15) is 0 Å². The van der Waals surface area contributed by atoms with Gasteiger partial charge in [-0.25, -0.2) is 8.78 Å². The van der Waals surface area contributed by atoms with Crippen LogP contribution in [0.4, 0.5) is 20.2 Å². The molecule has 2 amide bonds. The first-order valence-electron chi connectivity index (χ1n) is 6.09. The summed E-state index contributed by atoms with van der Waals surface area (Å²) in [5.74, 6) is -2.36. The Morgan fingerprint density at radius 1 is 0.905 bits per heavy atom. The van der Waals surface area contributed by atoms with Crippen molar-refractivity contribution in [3.63, 3.8) is 0 Å². The zero-order chi connectivity index (χ0) is 15.4. The molecule has 0 aromatic heterocycles. The molecule has 21 heavy (non-hydrogen) atoms. The van der Waals surface area contributed by atoms with Crippen LogP contribution in [0.2, 0.25) is 0 Å². The van der Waals surface area contributed by atoms with Gasteiger partial charge < -0.3 is 10.6 Å². The summed E-state index contributed by atoms with van der Waals surface area (Å²) in [7, 11) is 0. The quantitative estimate of drug-likeness (QED) is 0.912. The summed E-state index contributed by atoms with van der Waals surface area (Å²) in [4.78, 5) is 23.0. The molecule has 0 fully saturated rings. The Kier molecular flexibility index (Phi) is 4.27. The van der Waals surface area contributed by atoms with Gasteiger partial charge in [0.25, 0.3) is 5.91 Å². The highest BCUT2D eigenvalue weighted by atomic mass is 19.1. The molecule has 2 aromatic carbocycles. The average Bonchev–Trinajstić information content (AvgIpc) is 2.36. The van der Waals surface area contributed by atoms with E-state index in [-0.39, 0.29) is 17.2 Å². The fourth-order valence-corrected chi connectivity index (χ4v) is 1.77. The fourth-order valence-electron chi connectivity index (χ4n) is 1.77. The Morgan fingerprint density at radius 3 is 2.19 bits per heavy atom. The zero-order valence-electron chi connectivity index (χ0n) is 11.1. The second-order valence-electron chi connectivity index (χ2n) is 4.37. The van der Waals surface area contributed by atoms with E-state index in [0.717, 1.165) is 12.1 Å². The number of anilines is 2. The van der Waals surface area contributed by atoms with Gasteiger partial charge in [-0.1, -0.05) is 6.07 Å². The van der Waals surface area contributed by atoms with E-state index in [1.165, 1.54) is 19.1 Å². The van der Waals surface area contributed by atoms with E-state index in [0.29, 0.717) is 11.8 Å². The van der Waals surface area contributed by atoms with E-state index < -0.39 is 17.5 Å². The highest BCUT2D eigenvalue weighted by Crippen LogP contribution is 2.16. The van der Waals surface area contributed by atoms with Crippen molar-refractivity contribution in [2.24, 2.45) is 0 Å². The molecule has 0 saturated carbocycles. The van der Waals surface area contributed by atoms with Gasteiger partial charge in [0, 0.05) is 29.9 Å². The van der Waals surface area contributed by atoms with Crippen LogP contribution in [0.15, 0.2) is 42.5 Å². The minimum absolute atomic E-state index is 0.0161. The predicted octanol–water partition coefficient (Wildman–Crippen LogP) is 3.18. The molecule has 108 valence electrons. The molecular formula is C15H12F2N2O2. The molecule has 4 nitrogen and oxygen atoms in total. The van der Waals surface area contributed by atoms with Crippen LogP contribution in [0.1, 0.15) is 17.3 Å². The normalized spacial score (nSPS) is 10.0. The molecule has 0 radical (unpaired) electrons. The minimum Gasteiger partial charge on any atom is -0.326 e. The van der Waals surface area contributed by atoms with Crippen molar-refractivity contribution in [1.29, 1.82) is 0 Å². The number of halogens is 2. The highest BCUT2D eigenvalue weighted by molar-refractivity contribution is 6.05. The van der Waals surface area contributed by atoms with E-state index in [4.69, 9.17) is 0 Å². The number of rotatable bonds is 3. The number of hydrogen-bond acceptors (Lipinski definition) is 2. The fraction of sp³-hybridized carbons (Fsp3) is 0.0667. The van der Waals surface area contributed by atoms with Crippen LogP contribution in [0, 0.1) is 11.6 Å². The van der Waals surface area contributed by atoms with Crippen molar-refractivity contribution in [2.45, 2.75) is 6.92 Å². The van der Waals surface area contributed by atoms with E-state index >= 15 is 0 Å². The summed E-state index contributed by atoms with van der Waals surface area (Å²) in [6, 6.07) is 8.94. The van der Waals surface area contributed by atoms with Crippen molar-refractivity contribution in [1.82, 2.24) is 0 Å². The predicted molar refractivity (Wildman–Crippen MR) is 75.1 cm³/mol. The SMILES string of the molecule is CC(=O)Nc1cccc(C(=O)Nc2cc(F)cc(F)c2)c1. The maximum Gasteiger partial charge on any atom is 0.255 e. The first kappa shape index (κ1) is 14.6. The second-order valence-corrected chi connectivity index (χ2v) is 4.37. The van der Waals surface area contributed by atoms with Crippen LogP contribution >= 0.6 is 0 Å². The smallest absolute Gasteiger partial charge is 0.255 e. The van der Waals surface area contributed by atoms with Crippen LogP contribution in [0.5, 0.6) is 0 Å². The van der Waals surface area contributed by atoms with Crippen LogP contribution < -0.4 is 10.6 Å². The maximum atomic E-state index is 13.0. The topological polar surface area (TPSA) is 58.2 Å². The maximum absolute atomic E-state index is 13.0. The van der Waals surface area contributed by atoms with Crippen molar-refractivity contribution in [3.05, 3.63) is 59.7 Å². The Morgan fingerprint density at radius 2 is 1.57 bits per heavy atom. The van der Waals surface area contributed by atoms with Crippen molar-refractivity contribution < 1.29 is 18.4 Å². The standard InChI is InChI=1S/C15H12F2N2O2/c1-9(20)18-13-4-2-3-10(5-13)15(21)19-14-7-11(16)6-12(17)8-14/h2-8H,1H3,(H,18,20)(H,19,21). The van der Waals surface area contributed by atoms with Gasteiger partial charge in [0.2, 0.25) is 5.91 Å². The third-order valence-corrected chi connectivity index (χ3v) is 2.57. The highest BCUT2D eigenvalue weighted by Gasteiger charge is 2.09. The van der Waals surface area contributed by atoms with Crippen molar-refractivity contribution >= 4 is 23.2 Å². The van der Waals surface area contributed by atoms with E-state index in [1.54, 1.807) is 12.1 Å². The molecule has 0 unspecified atom stereocenters. The molecule has 0 heterocycles. The van der Waals surface area contributed by atoms with Crippen molar-refractivity contribution in [2.75, 3.05) is 10.6 Å². The monoisotopic (exact) mass is 290 g/mol. The molecule has 0 atom stereocenters. The molecule has 2 N–H and O–H groups in total. The average molecular weight is 290 g/mol. The molecular weight excluding hydrogens is 278 g/mol. The minimum atomic E-state index is -0.780. The summed E-state index contributed by atoms with van der Waals surface area (Å²) in [5.41, 5.74) is 0.730. The summed E-state index contributed by atoms with van der Waals surface area (Å²) >= 11 is 0. The molecule has 0 aliphatic heterocycles. The van der Waals surface area contributed by atoms with Gasteiger partial charge in [-0.15, -0.1) is 0 Å². The number of benzene rings is 2. The van der Waals surface area contributed by atoms with Crippen LogP contribution in [0.25, 0.3) is 0 Å². The summed E-state index contributed by atoms with van der Waals surface area (Å²) < 4.78 is 26.1. The Hall–Kier alpha value is -2.76. The molecule has 0 saturated heterocycles. The lowest BCUT2D eigenvalue weighted by Gasteiger charge is -2.07. The van der Waals surface area contributed by atoms with E-state index in [2.05, 4.69) is 10.6 Å². The lowest BCUT2D eigenvalue weighted by Crippen LogP contribution is -2.13. The van der Waals surface area contributed by atoms with E-state index in [9.17, 15) is 18.4 Å². The van der Waals surface area contributed by atoms with E-state index in [1.807, 2.05) is 0 Å². The molecule has 6 heteroatoms. The zero-order valence-corrected chi connectivity index (χ0v) is 11.1. The third kappa shape index (κ3) is 4.10. The van der Waals surface area contributed by atoms with Crippen LogP contribution in [-0.4, -0.2) is 11.8 Å². The number of carbonyl (C=O) groups excluding carboxylic acids is 2. The molecule has 0 bridgehead atoms. The van der Waals surface area contributed by atoms with Crippen LogP contribution in [-0.2, 0) is 4.79 Å². The second kappa shape index (κ2) is 6.13. The molecule has 2 aromatic rings. The Bertz CT molecular complexity index is 682. The first-order valence-corrected chi connectivity index (χ1v) is 6.09. The van der Waals surface area contributed by atoms with Gasteiger partial charge in [0.15, 0.2) is 0 Å². The lowest BCUT2D eigenvalue weighted by molar-refractivity contribution is -0.114. The summed E-state index contributed by atoms with van der Waals surface area (Å²) in [5, 5.41) is 4.93. The third-order valence-electron chi connectivity index (χ3n) is 2.57. The number of hydrogen-bond donors (Lipinski definition) is 2. The molecule has 0 aliphatic carbocycles. The van der Waals surface area contributed by atoms with Gasteiger partial charge in [-0.05, 0) is 30.3 Å². The van der Waals surface area contributed by atoms with Crippen molar-refractivity contribution in [3.8, 4) is 0 Å². The van der Waals surface area contributed by atoms with Gasteiger partial charge >= 0.3 is 0 Å². The number of amides is 2. The number of carbonyl (C=O) groups is 2.